The SMILES string of the molecule is CN(Cc1ccccc1)c1ccc(Cl)c(Br)n1. The first-order valence-corrected chi connectivity index (χ1v) is 6.41. The van der Waals surface area contributed by atoms with E-state index in [1.807, 2.05) is 37.4 Å². The molecule has 0 atom stereocenters. The fourth-order valence-corrected chi connectivity index (χ4v) is 1.98. The Morgan fingerprint density at radius 2 is 1.88 bits per heavy atom. The number of anilines is 1. The molecule has 0 aliphatic carbocycles. The van der Waals surface area contributed by atoms with E-state index in [-0.39, 0.29) is 0 Å². The van der Waals surface area contributed by atoms with Gasteiger partial charge in [-0.3, -0.25) is 0 Å². The quantitative estimate of drug-likeness (QED) is 0.792. The minimum atomic E-state index is 0.627. The van der Waals surface area contributed by atoms with Gasteiger partial charge in [0.1, 0.15) is 10.4 Å². The van der Waals surface area contributed by atoms with Gasteiger partial charge in [-0.1, -0.05) is 41.9 Å². The Hall–Kier alpha value is -1.06. The average molecular weight is 312 g/mol. The summed E-state index contributed by atoms with van der Waals surface area (Å²) in [5, 5.41) is 0.627. The van der Waals surface area contributed by atoms with Crippen LogP contribution in [0.25, 0.3) is 0 Å². The Labute approximate surface area is 114 Å². The van der Waals surface area contributed by atoms with E-state index < -0.39 is 0 Å². The van der Waals surface area contributed by atoms with Crippen LogP contribution in [0.5, 0.6) is 0 Å². The summed E-state index contributed by atoms with van der Waals surface area (Å²) in [5.41, 5.74) is 1.25. The van der Waals surface area contributed by atoms with Crippen molar-refractivity contribution in [2.24, 2.45) is 0 Å². The number of hydrogen-bond acceptors (Lipinski definition) is 2. The highest BCUT2D eigenvalue weighted by molar-refractivity contribution is 9.10. The highest BCUT2D eigenvalue weighted by Crippen LogP contribution is 2.23. The minimum Gasteiger partial charge on any atom is -0.355 e. The first kappa shape index (κ1) is 12.4. The zero-order chi connectivity index (χ0) is 12.3. The topological polar surface area (TPSA) is 16.1 Å². The first-order chi connectivity index (χ1) is 8.16. The molecular weight excluding hydrogens is 300 g/mol. The van der Waals surface area contributed by atoms with Gasteiger partial charge >= 0.3 is 0 Å². The number of aromatic nitrogens is 1. The third kappa shape index (κ3) is 3.20. The minimum absolute atomic E-state index is 0.627. The van der Waals surface area contributed by atoms with Crippen molar-refractivity contribution in [3.63, 3.8) is 0 Å². The average Bonchev–Trinajstić information content (AvgIpc) is 2.34. The van der Waals surface area contributed by atoms with Crippen molar-refractivity contribution in [3.05, 3.63) is 57.7 Å². The lowest BCUT2D eigenvalue weighted by Crippen LogP contribution is -2.17. The standard InChI is InChI=1S/C13H12BrClN2/c1-17(9-10-5-3-2-4-6-10)12-8-7-11(15)13(14)16-12/h2-8H,9H2,1H3. The summed E-state index contributed by atoms with van der Waals surface area (Å²) in [6.45, 7) is 0.821. The summed E-state index contributed by atoms with van der Waals surface area (Å²) in [7, 11) is 2.01. The number of benzene rings is 1. The van der Waals surface area contributed by atoms with Crippen LogP contribution >= 0.6 is 27.5 Å². The van der Waals surface area contributed by atoms with Gasteiger partial charge in [-0.25, -0.2) is 4.98 Å². The lowest BCUT2D eigenvalue weighted by molar-refractivity contribution is 0.895. The molecule has 0 aliphatic rings. The molecule has 0 aliphatic heterocycles. The Morgan fingerprint density at radius 1 is 1.18 bits per heavy atom. The van der Waals surface area contributed by atoms with E-state index >= 15 is 0 Å². The molecule has 1 heterocycles. The lowest BCUT2D eigenvalue weighted by atomic mass is 10.2. The molecule has 88 valence electrons. The molecule has 2 aromatic rings. The van der Waals surface area contributed by atoms with Crippen molar-refractivity contribution in [2.75, 3.05) is 11.9 Å². The molecule has 2 rings (SSSR count). The molecule has 0 bridgehead atoms. The smallest absolute Gasteiger partial charge is 0.130 e. The maximum Gasteiger partial charge on any atom is 0.130 e. The van der Waals surface area contributed by atoms with E-state index in [9.17, 15) is 0 Å². The van der Waals surface area contributed by atoms with Gasteiger partial charge in [0.15, 0.2) is 0 Å². The van der Waals surface area contributed by atoms with Gasteiger partial charge in [0, 0.05) is 13.6 Å². The van der Waals surface area contributed by atoms with Crippen LogP contribution in [0.1, 0.15) is 5.56 Å². The molecular formula is C13H12BrClN2. The highest BCUT2D eigenvalue weighted by Gasteiger charge is 2.06. The molecule has 0 radical (unpaired) electrons. The van der Waals surface area contributed by atoms with Crippen molar-refractivity contribution in [1.82, 2.24) is 4.98 Å². The van der Waals surface area contributed by atoms with Crippen molar-refractivity contribution in [2.45, 2.75) is 6.54 Å². The molecule has 0 amide bonds. The molecule has 0 saturated carbocycles. The maximum atomic E-state index is 5.92. The zero-order valence-corrected chi connectivity index (χ0v) is 11.7. The molecule has 1 aromatic carbocycles. The summed E-state index contributed by atoms with van der Waals surface area (Å²) in [6.07, 6.45) is 0. The van der Waals surface area contributed by atoms with Gasteiger partial charge in [-0.15, -0.1) is 0 Å². The number of hydrogen-bond donors (Lipinski definition) is 0. The van der Waals surface area contributed by atoms with E-state index in [0.29, 0.717) is 9.63 Å². The Balaban J connectivity index is 2.14. The molecule has 17 heavy (non-hydrogen) atoms. The first-order valence-electron chi connectivity index (χ1n) is 5.24. The normalized spacial score (nSPS) is 10.3. The molecule has 0 N–H and O–H groups in total. The second-order valence-corrected chi connectivity index (χ2v) is 4.94. The summed E-state index contributed by atoms with van der Waals surface area (Å²) in [4.78, 5) is 6.46. The predicted molar refractivity (Wildman–Crippen MR) is 75.5 cm³/mol. The van der Waals surface area contributed by atoms with Gasteiger partial charge in [-0.2, -0.15) is 0 Å². The van der Waals surface area contributed by atoms with Crippen LogP contribution < -0.4 is 4.90 Å². The van der Waals surface area contributed by atoms with Crippen molar-refractivity contribution in [1.29, 1.82) is 0 Å². The van der Waals surface area contributed by atoms with Crippen LogP contribution in [-0.4, -0.2) is 12.0 Å². The van der Waals surface area contributed by atoms with Gasteiger partial charge in [-0.05, 0) is 33.6 Å². The third-order valence-corrected chi connectivity index (χ3v) is 3.58. The fourth-order valence-electron chi connectivity index (χ4n) is 1.56. The number of halogens is 2. The van der Waals surface area contributed by atoms with E-state index in [1.165, 1.54) is 5.56 Å². The van der Waals surface area contributed by atoms with Crippen molar-refractivity contribution >= 4 is 33.3 Å². The fraction of sp³-hybridized carbons (Fsp3) is 0.154. The molecule has 2 nitrogen and oxygen atoms in total. The van der Waals surface area contributed by atoms with E-state index in [4.69, 9.17) is 11.6 Å². The zero-order valence-electron chi connectivity index (χ0n) is 9.40. The van der Waals surface area contributed by atoms with Crippen LogP contribution in [0.4, 0.5) is 5.82 Å². The highest BCUT2D eigenvalue weighted by atomic mass is 79.9. The second-order valence-electron chi connectivity index (χ2n) is 3.78. The maximum absolute atomic E-state index is 5.92. The number of rotatable bonds is 3. The van der Waals surface area contributed by atoms with E-state index in [1.54, 1.807) is 0 Å². The molecule has 0 saturated heterocycles. The molecule has 1 aromatic heterocycles. The Kier molecular flexibility index (Phi) is 4.02. The largest absolute Gasteiger partial charge is 0.355 e. The van der Waals surface area contributed by atoms with E-state index in [2.05, 4.69) is 37.9 Å². The van der Waals surface area contributed by atoms with Gasteiger partial charge in [0.05, 0.1) is 5.02 Å². The molecule has 0 spiro atoms. The number of pyridine rings is 1. The summed E-state index contributed by atoms with van der Waals surface area (Å²) in [5.74, 6) is 0.894. The Bertz CT molecular complexity index is 502. The van der Waals surface area contributed by atoms with Crippen LogP contribution in [0.15, 0.2) is 47.1 Å². The predicted octanol–water partition coefficient (Wildman–Crippen LogP) is 4.13. The van der Waals surface area contributed by atoms with Crippen LogP contribution in [0.2, 0.25) is 5.02 Å². The van der Waals surface area contributed by atoms with Gasteiger partial charge in [0.25, 0.3) is 0 Å². The van der Waals surface area contributed by atoms with Crippen molar-refractivity contribution < 1.29 is 0 Å². The number of nitrogens with zero attached hydrogens (tertiary/aromatic N) is 2. The van der Waals surface area contributed by atoms with Gasteiger partial charge < -0.3 is 4.90 Å². The monoisotopic (exact) mass is 310 g/mol. The van der Waals surface area contributed by atoms with Crippen LogP contribution in [0.3, 0.4) is 0 Å². The summed E-state index contributed by atoms with van der Waals surface area (Å²) < 4.78 is 0.677. The second kappa shape index (κ2) is 5.52. The molecule has 0 fully saturated rings. The summed E-state index contributed by atoms with van der Waals surface area (Å²) >= 11 is 9.25. The molecule has 0 unspecified atom stereocenters. The summed E-state index contributed by atoms with van der Waals surface area (Å²) in [6, 6.07) is 14.0. The lowest BCUT2D eigenvalue weighted by Gasteiger charge is -2.18. The third-order valence-electron chi connectivity index (χ3n) is 2.44. The van der Waals surface area contributed by atoms with Crippen LogP contribution in [0, 0.1) is 0 Å². The van der Waals surface area contributed by atoms with Crippen LogP contribution in [-0.2, 0) is 6.54 Å². The van der Waals surface area contributed by atoms with Crippen molar-refractivity contribution in [3.8, 4) is 0 Å². The Morgan fingerprint density at radius 3 is 2.53 bits per heavy atom. The molecule has 4 heteroatoms. The van der Waals surface area contributed by atoms with E-state index in [0.717, 1.165) is 12.4 Å². The van der Waals surface area contributed by atoms with Gasteiger partial charge in [0.2, 0.25) is 0 Å².